The Morgan fingerprint density at radius 1 is 1.37 bits per heavy atom. The number of methoxy groups -OCH3 is 1. The molecule has 0 heterocycles. The molecule has 0 bridgehead atoms. The number of hydrogen-bond acceptors (Lipinski definition) is 3. The number of benzene rings is 1. The lowest BCUT2D eigenvalue weighted by Crippen LogP contribution is -2.38. The maximum Gasteiger partial charge on any atom is 0.220 e. The Balaban J connectivity index is 0.00000324. The van der Waals surface area contributed by atoms with E-state index in [0.717, 1.165) is 11.3 Å². The molecule has 3 N–H and O–H groups in total. The third-order valence-corrected chi connectivity index (χ3v) is 2.92. The third kappa shape index (κ3) is 5.49. The molecule has 0 fully saturated rings. The van der Waals surface area contributed by atoms with E-state index < -0.39 is 0 Å². The highest BCUT2D eigenvalue weighted by Gasteiger charge is 2.15. The van der Waals surface area contributed by atoms with Crippen molar-refractivity contribution in [3.05, 3.63) is 29.8 Å². The van der Waals surface area contributed by atoms with Crippen LogP contribution in [0, 0.1) is 0 Å². The summed E-state index contributed by atoms with van der Waals surface area (Å²) in [5.74, 6) is 0.960. The van der Waals surface area contributed by atoms with Crippen LogP contribution in [0.4, 0.5) is 0 Å². The molecule has 0 aliphatic rings. The summed E-state index contributed by atoms with van der Waals surface area (Å²) in [6, 6.07) is 7.79. The Labute approximate surface area is 121 Å². The van der Waals surface area contributed by atoms with Gasteiger partial charge in [-0.3, -0.25) is 4.79 Å². The van der Waals surface area contributed by atoms with Gasteiger partial charge in [0.1, 0.15) is 5.75 Å². The zero-order valence-electron chi connectivity index (χ0n) is 11.7. The van der Waals surface area contributed by atoms with Gasteiger partial charge in [-0.05, 0) is 24.5 Å². The van der Waals surface area contributed by atoms with Crippen molar-refractivity contribution in [2.24, 2.45) is 5.73 Å². The fourth-order valence-electron chi connectivity index (χ4n) is 1.85. The Morgan fingerprint density at radius 3 is 2.58 bits per heavy atom. The summed E-state index contributed by atoms with van der Waals surface area (Å²) in [6.45, 7) is 4.37. The van der Waals surface area contributed by atoms with Gasteiger partial charge >= 0.3 is 0 Å². The van der Waals surface area contributed by atoms with Gasteiger partial charge in [0.25, 0.3) is 0 Å². The molecule has 0 spiro atoms. The largest absolute Gasteiger partial charge is 0.496 e. The van der Waals surface area contributed by atoms with E-state index in [-0.39, 0.29) is 30.3 Å². The van der Waals surface area contributed by atoms with Gasteiger partial charge in [0.05, 0.1) is 7.11 Å². The molecular formula is C14H23ClN2O2. The quantitative estimate of drug-likeness (QED) is 0.841. The van der Waals surface area contributed by atoms with Crippen LogP contribution in [0.15, 0.2) is 24.3 Å². The fourth-order valence-corrected chi connectivity index (χ4v) is 1.85. The lowest BCUT2D eigenvalue weighted by atomic mass is 9.96. The number of amides is 1. The van der Waals surface area contributed by atoms with Crippen LogP contribution in [0.3, 0.4) is 0 Å². The second-order valence-electron chi connectivity index (χ2n) is 4.55. The van der Waals surface area contributed by atoms with Crippen LogP contribution in [0.5, 0.6) is 5.75 Å². The SMILES string of the molecule is COc1ccccc1C(C)CC(=O)N[C@@H](C)CN.Cl. The second kappa shape index (κ2) is 8.77. The van der Waals surface area contributed by atoms with Gasteiger partial charge in [-0.1, -0.05) is 25.1 Å². The van der Waals surface area contributed by atoms with E-state index >= 15 is 0 Å². The highest BCUT2D eigenvalue weighted by molar-refractivity contribution is 5.85. The molecule has 0 aliphatic heterocycles. The number of halogens is 1. The molecule has 108 valence electrons. The molecule has 5 heteroatoms. The monoisotopic (exact) mass is 286 g/mol. The molecule has 0 aromatic heterocycles. The van der Waals surface area contributed by atoms with E-state index in [2.05, 4.69) is 5.32 Å². The molecule has 0 saturated carbocycles. The third-order valence-electron chi connectivity index (χ3n) is 2.92. The molecule has 2 atom stereocenters. The number of rotatable bonds is 6. The first-order chi connectivity index (χ1) is 8.58. The fraction of sp³-hybridized carbons (Fsp3) is 0.500. The number of nitrogens with two attached hydrogens (primary N) is 1. The van der Waals surface area contributed by atoms with Crippen molar-refractivity contribution >= 4 is 18.3 Å². The van der Waals surface area contributed by atoms with Gasteiger partial charge in [-0.25, -0.2) is 0 Å². The minimum Gasteiger partial charge on any atom is -0.496 e. The van der Waals surface area contributed by atoms with Crippen LogP contribution in [0.2, 0.25) is 0 Å². The smallest absolute Gasteiger partial charge is 0.220 e. The maximum absolute atomic E-state index is 11.8. The standard InChI is InChI=1S/C14H22N2O2.ClH/c1-10(8-14(17)16-11(2)9-15)12-6-4-5-7-13(12)18-3;/h4-7,10-11H,8-9,15H2,1-3H3,(H,16,17);1H/t10?,11-;/m0./s1. The lowest BCUT2D eigenvalue weighted by molar-refractivity contribution is -0.121. The van der Waals surface area contributed by atoms with Crippen molar-refractivity contribution < 1.29 is 9.53 Å². The summed E-state index contributed by atoms with van der Waals surface area (Å²) >= 11 is 0. The Hall–Kier alpha value is -1.26. The summed E-state index contributed by atoms with van der Waals surface area (Å²) in [7, 11) is 1.64. The maximum atomic E-state index is 11.8. The summed E-state index contributed by atoms with van der Waals surface area (Å²) in [4.78, 5) is 11.8. The van der Waals surface area contributed by atoms with E-state index in [0.29, 0.717) is 13.0 Å². The predicted molar refractivity (Wildman–Crippen MR) is 79.9 cm³/mol. The van der Waals surface area contributed by atoms with Gasteiger partial charge in [0, 0.05) is 19.0 Å². The molecule has 0 aliphatic carbocycles. The van der Waals surface area contributed by atoms with E-state index in [1.165, 1.54) is 0 Å². The van der Waals surface area contributed by atoms with Crippen LogP contribution in [-0.2, 0) is 4.79 Å². The van der Waals surface area contributed by atoms with Gasteiger partial charge in [0.2, 0.25) is 5.91 Å². The average Bonchev–Trinajstić information content (AvgIpc) is 2.38. The molecule has 1 amide bonds. The van der Waals surface area contributed by atoms with Crippen molar-refractivity contribution in [3.8, 4) is 5.75 Å². The molecular weight excluding hydrogens is 264 g/mol. The molecule has 1 aromatic rings. The van der Waals surface area contributed by atoms with Gasteiger partial charge in [-0.2, -0.15) is 0 Å². The summed E-state index contributed by atoms with van der Waals surface area (Å²) in [5, 5.41) is 2.86. The molecule has 0 radical (unpaired) electrons. The molecule has 4 nitrogen and oxygen atoms in total. The summed E-state index contributed by atoms with van der Waals surface area (Å²) in [5.41, 5.74) is 6.52. The summed E-state index contributed by atoms with van der Waals surface area (Å²) < 4.78 is 5.30. The minimum absolute atomic E-state index is 0. The second-order valence-corrected chi connectivity index (χ2v) is 4.55. The molecule has 19 heavy (non-hydrogen) atoms. The lowest BCUT2D eigenvalue weighted by Gasteiger charge is -2.17. The van der Waals surface area contributed by atoms with Crippen molar-refractivity contribution in [1.29, 1.82) is 0 Å². The first-order valence-electron chi connectivity index (χ1n) is 6.20. The van der Waals surface area contributed by atoms with Gasteiger partial charge < -0.3 is 15.8 Å². The molecule has 1 unspecified atom stereocenters. The number of para-hydroxylation sites is 1. The Kier molecular flexibility index (Phi) is 8.19. The minimum atomic E-state index is 0. The normalized spacial score (nSPS) is 13.1. The van der Waals surface area contributed by atoms with Crippen LogP contribution >= 0.6 is 12.4 Å². The Morgan fingerprint density at radius 2 is 2.00 bits per heavy atom. The van der Waals surface area contributed by atoms with Crippen molar-refractivity contribution in [3.63, 3.8) is 0 Å². The van der Waals surface area contributed by atoms with Crippen molar-refractivity contribution in [2.75, 3.05) is 13.7 Å². The van der Waals surface area contributed by atoms with Crippen LogP contribution < -0.4 is 15.8 Å². The van der Waals surface area contributed by atoms with E-state index in [1.54, 1.807) is 7.11 Å². The number of ether oxygens (including phenoxy) is 1. The number of carbonyl (C=O) groups is 1. The highest BCUT2D eigenvalue weighted by Crippen LogP contribution is 2.28. The van der Waals surface area contributed by atoms with Crippen LogP contribution in [-0.4, -0.2) is 25.6 Å². The topological polar surface area (TPSA) is 64.3 Å². The molecule has 0 saturated heterocycles. The first-order valence-corrected chi connectivity index (χ1v) is 6.20. The van der Waals surface area contributed by atoms with Crippen molar-refractivity contribution in [1.82, 2.24) is 5.32 Å². The average molecular weight is 287 g/mol. The van der Waals surface area contributed by atoms with E-state index in [9.17, 15) is 4.79 Å². The van der Waals surface area contributed by atoms with Crippen LogP contribution in [0.25, 0.3) is 0 Å². The Bertz CT molecular complexity index is 399. The predicted octanol–water partition coefficient (Wildman–Crippen LogP) is 2.07. The first kappa shape index (κ1) is 17.7. The molecule has 1 rings (SSSR count). The van der Waals surface area contributed by atoms with Crippen LogP contribution in [0.1, 0.15) is 31.7 Å². The van der Waals surface area contributed by atoms with Gasteiger partial charge in [0.15, 0.2) is 0 Å². The van der Waals surface area contributed by atoms with Gasteiger partial charge in [-0.15, -0.1) is 12.4 Å². The van der Waals surface area contributed by atoms with E-state index in [1.807, 2.05) is 38.1 Å². The van der Waals surface area contributed by atoms with E-state index in [4.69, 9.17) is 10.5 Å². The number of carbonyl (C=O) groups excluding carboxylic acids is 1. The zero-order chi connectivity index (χ0) is 13.5. The highest BCUT2D eigenvalue weighted by atomic mass is 35.5. The summed E-state index contributed by atoms with van der Waals surface area (Å²) in [6.07, 6.45) is 0.435. The number of nitrogens with one attached hydrogen (secondary N) is 1. The van der Waals surface area contributed by atoms with Crippen molar-refractivity contribution in [2.45, 2.75) is 32.2 Å². The number of hydrogen-bond donors (Lipinski definition) is 2. The molecule has 1 aromatic carbocycles. The zero-order valence-corrected chi connectivity index (χ0v) is 12.5.